The molecule has 12 heteroatoms. The number of aromatic nitrogens is 4. The Bertz CT molecular complexity index is 1680. The summed E-state index contributed by atoms with van der Waals surface area (Å²) in [4.78, 5) is 29.4. The number of halogens is 2. The van der Waals surface area contributed by atoms with E-state index in [1.807, 2.05) is 17.1 Å². The molecule has 1 unspecified atom stereocenters. The smallest absolute Gasteiger partial charge is 0.349 e. The highest BCUT2D eigenvalue weighted by Gasteiger charge is 2.36. The molecule has 1 aliphatic rings. The summed E-state index contributed by atoms with van der Waals surface area (Å²) < 4.78 is 12.9. The predicted octanol–water partition coefficient (Wildman–Crippen LogP) is 4.10. The third-order valence-electron chi connectivity index (χ3n) is 6.22. The van der Waals surface area contributed by atoms with E-state index in [9.17, 15) is 14.7 Å². The first-order chi connectivity index (χ1) is 17.6. The van der Waals surface area contributed by atoms with Crippen LogP contribution in [0.5, 0.6) is 11.5 Å². The van der Waals surface area contributed by atoms with Crippen LogP contribution >= 0.6 is 23.2 Å². The predicted molar refractivity (Wildman–Crippen MR) is 137 cm³/mol. The Morgan fingerprint density at radius 3 is 2.65 bits per heavy atom. The third kappa shape index (κ3) is 4.40. The lowest BCUT2D eigenvalue weighted by molar-refractivity contribution is -0.00772. The Hall–Kier alpha value is -3.62. The molecule has 3 N–H and O–H groups in total. The summed E-state index contributed by atoms with van der Waals surface area (Å²) >= 11 is 12.9. The van der Waals surface area contributed by atoms with Crippen LogP contribution in [-0.2, 0) is 10.2 Å². The molecule has 2 aromatic heterocycles. The summed E-state index contributed by atoms with van der Waals surface area (Å²) in [7, 11) is 0. The van der Waals surface area contributed by atoms with Crippen LogP contribution in [0.1, 0.15) is 43.3 Å². The molecule has 0 fully saturated rings. The SMILES string of the molecule is CC1(C)COC(CCO)c2[nH]c3ccc(Oc4c(Cl)cc(-n5nc(C#N)c(=O)[nH]c5=O)cc4Cl)cc3c21. The molecule has 4 aromatic rings. The topological polar surface area (TPSA) is 146 Å². The van der Waals surface area contributed by atoms with Gasteiger partial charge in [0, 0.05) is 35.0 Å². The van der Waals surface area contributed by atoms with Crippen LogP contribution in [0.3, 0.4) is 0 Å². The Morgan fingerprint density at radius 1 is 1.24 bits per heavy atom. The molecule has 0 amide bonds. The second-order valence-electron chi connectivity index (χ2n) is 9.29. The summed E-state index contributed by atoms with van der Waals surface area (Å²) in [5.74, 6) is 0.646. The van der Waals surface area contributed by atoms with Gasteiger partial charge in [0.05, 0.1) is 28.4 Å². The summed E-state index contributed by atoms with van der Waals surface area (Å²) in [5, 5.41) is 23.4. The number of aliphatic hydroxyl groups excluding tert-OH is 1. The molecule has 10 nitrogen and oxygen atoms in total. The minimum Gasteiger partial charge on any atom is -0.454 e. The van der Waals surface area contributed by atoms with Gasteiger partial charge in [-0.1, -0.05) is 37.0 Å². The van der Waals surface area contributed by atoms with Gasteiger partial charge >= 0.3 is 5.69 Å². The number of fused-ring (bicyclic) bond motifs is 3. The molecule has 2 aromatic carbocycles. The van der Waals surface area contributed by atoms with Gasteiger partial charge in [0.2, 0.25) is 5.69 Å². The zero-order valence-electron chi connectivity index (χ0n) is 19.8. The molecule has 1 aliphatic heterocycles. The van der Waals surface area contributed by atoms with E-state index < -0.39 is 16.9 Å². The van der Waals surface area contributed by atoms with Gasteiger partial charge in [0.1, 0.15) is 11.8 Å². The number of nitriles is 1. The number of hydrogen-bond donors (Lipinski definition) is 3. The molecule has 0 aliphatic carbocycles. The van der Waals surface area contributed by atoms with E-state index in [0.717, 1.165) is 26.8 Å². The Balaban J connectivity index is 1.54. The fourth-order valence-electron chi connectivity index (χ4n) is 4.57. The van der Waals surface area contributed by atoms with Gasteiger partial charge < -0.3 is 19.6 Å². The average Bonchev–Trinajstić information content (AvgIpc) is 3.24. The van der Waals surface area contributed by atoms with Crippen molar-refractivity contribution in [2.24, 2.45) is 0 Å². The van der Waals surface area contributed by atoms with Crippen molar-refractivity contribution in [2.75, 3.05) is 13.2 Å². The molecule has 37 heavy (non-hydrogen) atoms. The summed E-state index contributed by atoms with van der Waals surface area (Å²) in [5.41, 5.74) is 0.601. The molecule has 5 rings (SSSR count). The van der Waals surface area contributed by atoms with E-state index in [2.05, 4.69) is 23.9 Å². The molecule has 190 valence electrons. The average molecular weight is 542 g/mol. The lowest BCUT2D eigenvalue weighted by atomic mass is 9.80. The van der Waals surface area contributed by atoms with E-state index in [0.29, 0.717) is 18.8 Å². The number of hydrogen-bond acceptors (Lipinski definition) is 7. The number of nitrogens with zero attached hydrogens (tertiary/aromatic N) is 3. The monoisotopic (exact) mass is 541 g/mol. The normalized spacial score (nSPS) is 16.4. The number of benzene rings is 2. The largest absolute Gasteiger partial charge is 0.454 e. The van der Waals surface area contributed by atoms with Crippen molar-refractivity contribution < 1.29 is 14.6 Å². The maximum atomic E-state index is 12.2. The minimum atomic E-state index is -0.888. The quantitative estimate of drug-likeness (QED) is 0.344. The van der Waals surface area contributed by atoms with Crippen molar-refractivity contribution in [3.63, 3.8) is 0 Å². The summed E-state index contributed by atoms with van der Waals surface area (Å²) in [6.07, 6.45) is 0.257. The van der Waals surface area contributed by atoms with Crippen LogP contribution in [0, 0.1) is 11.3 Å². The number of ether oxygens (including phenoxy) is 2. The van der Waals surface area contributed by atoms with Crippen LogP contribution in [0.2, 0.25) is 10.0 Å². The van der Waals surface area contributed by atoms with Crippen molar-refractivity contribution in [3.8, 4) is 23.3 Å². The van der Waals surface area contributed by atoms with Gasteiger partial charge in [0.25, 0.3) is 5.56 Å². The highest BCUT2D eigenvalue weighted by Crippen LogP contribution is 2.45. The number of H-pyrrole nitrogens is 2. The van der Waals surface area contributed by atoms with Crippen LogP contribution in [0.4, 0.5) is 0 Å². The summed E-state index contributed by atoms with van der Waals surface area (Å²) in [6.45, 7) is 4.71. The zero-order chi connectivity index (χ0) is 26.5. The first-order valence-corrected chi connectivity index (χ1v) is 12.1. The molecule has 3 heterocycles. The van der Waals surface area contributed by atoms with E-state index >= 15 is 0 Å². The number of aromatic amines is 2. The zero-order valence-corrected chi connectivity index (χ0v) is 21.3. The molecule has 0 bridgehead atoms. The van der Waals surface area contributed by atoms with Gasteiger partial charge in [-0.05, 0) is 35.9 Å². The van der Waals surface area contributed by atoms with Crippen LogP contribution in [0.15, 0.2) is 39.9 Å². The molecule has 1 atom stereocenters. The molecular weight excluding hydrogens is 521 g/mol. The van der Waals surface area contributed by atoms with Gasteiger partial charge in [0.15, 0.2) is 5.75 Å². The number of nitrogens with one attached hydrogen (secondary N) is 2. The fraction of sp³-hybridized carbons (Fsp3) is 0.280. The molecule has 0 saturated carbocycles. The Labute approximate surface area is 220 Å². The van der Waals surface area contributed by atoms with Crippen LogP contribution in [-0.4, -0.2) is 38.1 Å². The second-order valence-corrected chi connectivity index (χ2v) is 10.1. The molecule has 0 spiro atoms. The first kappa shape index (κ1) is 25.0. The van der Waals surface area contributed by atoms with E-state index in [1.54, 1.807) is 12.1 Å². The van der Waals surface area contributed by atoms with Crippen molar-refractivity contribution in [2.45, 2.75) is 31.8 Å². The highest BCUT2D eigenvalue weighted by molar-refractivity contribution is 6.37. The van der Waals surface area contributed by atoms with Crippen molar-refractivity contribution in [3.05, 3.63) is 78.2 Å². The Kier molecular flexibility index (Phi) is 6.33. The number of aliphatic hydroxyl groups is 1. The first-order valence-electron chi connectivity index (χ1n) is 11.3. The lowest BCUT2D eigenvalue weighted by Crippen LogP contribution is -2.33. The lowest BCUT2D eigenvalue weighted by Gasteiger charge is -2.35. The van der Waals surface area contributed by atoms with Gasteiger partial charge in [-0.2, -0.15) is 9.94 Å². The van der Waals surface area contributed by atoms with Gasteiger partial charge in [-0.25, -0.2) is 4.79 Å². The molecule has 0 radical (unpaired) electrons. The van der Waals surface area contributed by atoms with E-state index in [4.69, 9.17) is 37.9 Å². The van der Waals surface area contributed by atoms with E-state index in [1.165, 1.54) is 12.1 Å². The van der Waals surface area contributed by atoms with E-state index in [-0.39, 0.29) is 39.6 Å². The maximum absolute atomic E-state index is 12.2. The van der Waals surface area contributed by atoms with Gasteiger partial charge in [-0.15, -0.1) is 5.10 Å². The highest BCUT2D eigenvalue weighted by atomic mass is 35.5. The second kappa shape index (κ2) is 9.36. The van der Waals surface area contributed by atoms with Gasteiger partial charge in [-0.3, -0.25) is 9.78 Å². The third-order valence-corrected chi connectivity index (χ3v) is 6.78. The van der Waals surface area contributed by atoms with Crippen molar-refractivity contribution in [1.29, 1.82) is 5.26 Å². The molecule has 0 saturated heterocycles. The van der Waals surface area contributed by atoms with Crippen molar-refractivity contribution >= 4 is 34.1 Å². The summed E-state index contributed by atoms with van der Waals surface area (Å²) in [6, 6.07) is 9.97. The fourth-order valence-corrected chi connectivity index (χ4v) is 5.12. The maximum Gasteiger partial charge on any atom is 0.349 e. The minimum absolute atomic E-state index is 0.0137. The van der Waals surface area contributed by atoms with Crippen molar-refractivity contribution in [1.82, 2.24) is 19.7 Å². The van der Waals surface area contributed by atoms with Crippen LogP contribution in [0.25, 0.3) is 16.6 Å². The number of rotatable bonds is 5. The Morgan fingerprint density at radius 2 is 1.97 bits per heavy atom. The molecular formula is C25H21Cl2N5O5. The standard InChI is InChI=1S/C25H21Cl2N5O5/c1-25(2)11-36-19(5-6-33)21-20(25)14-9-13(3-4-17(14)29-21)37-22-15(26)7-12(8-16(22)27)32-24(35)30-23(34)18(10-28)31-32/h3-4,7-9,19,29,33H,5-6,11H2,1-2H3,(H,30,34,35). The van der Waals surface area contributed by atoms with Crippen LogP contribution < -0.4 is 16.0 Å².